The standard InChI is InChI=1S/C18H20N2O7S/c1-26-14-4-2-12(3-5-14)16(21)10-27-18(23)15-6-7-17(22)20(19-15)13-8-9-28(24,25)11-13/h2-5,13H,6-11H2,1H3/t13-/m1/s1. The van der Waals surface area contributed by atoms with Crippen molar-refractivity contribution in [3.05, 3.63) is 29.8 Å². The molecule has 0 unspecified atom stereocenters. The molecular formula is C18H20N2O7S. The van der Waals surface area contributed by atoms with E-state index in [0.29, 0.717) is 11.3 Å². The maximum Gasteiger partial charge on any atom is 0.354 e. The maximum atomic E-state index is 12.2. The molecule has 0 aromatic heterocycles. The maximum absolute atomic E-state index is 12.2. The van der Waals surface area contributed by atoms with Crippen molar-refractivity contribution in [1.82, 2.24) is 5.01 Å². The normalized spacial score (nSPS) is 21.2. The van der Waals surface area contributed by atoms with Crippen LogP contribution in [0, 0.1) is 0 Å². The molecule has 1 aromatic rings. The first-order valence-corrected chi connectivity index (χ1v) is 10.6. The minimum Gasteiger partial charge on any atom is -0.497 e. The van der Waals surface area contributed by atoms with Crippen LogP contribution in [0.25, 0.3) is 0 Å². The number of Topliss-reactive ketones (excluding diaryl/α,β-unsaturated/α-hetero) is 1. The van der Waals surface area contributed by atoms with Crippen molar-refractivity contribution in [1.29, 1.82) is 0 Å². The van der Waals surface area contributed by atoms with Gasteiger partial charge < -0.3 is 9.47 Å². The van der Waals surface area contributed by atoms with E-state index in [2.05, 4.69) is 5.10 Å². The van der Waals surface area contributed by atoms with Crippen molar-refractivity contribution in [2.24, 2.45) is 5.10 Å². The number of hydrazone groups is 1. The molecule has 2 aliphatic rings. The van der Waals surface area contributed by atoms with Crippen LogP contribution >= 0.6 is 0 Å². The summed E-state index contributed by atoms with van der Waals surface area (Å²) >= 11 is 0. The summed E-state index contributed by atoms with van der Waals surface area (Å²) in [5, 5.41) is 5.10. The van der Waals surface area contributed by atoms with Gasteiger partial charge in [-0.3, -0.25) is 9.59 Å². The van der Waals surface area contributed by atoms with Crippen LogP contribution in [0.4, 0.5) is 0 Å². The average Bonchev–Trinajstić information content (AvgIpc) is 3.05. The van der Waals surface area contributed by atoms with Crippen LogP contribution in [-0.2, 0) is 24.2 Å². The quantitative estimate of drug-likeness (QED) is 0.499. The summed E-state index contributed by atoms with van der Waals surface area (Å²) < 4.78 is 33.3. The summed E-state index contributed by atoms with van der Waals surface area (Å²) in [5.41, 5.74) is 0.374. The summed E-state index contributed by atoms with van der Waals surface area (Å²) in [4.78, 5) is 36.5. The molecule has 28 heavy (non-hydrogen) atoms. The number of rotatable bonds is 6. The number of amides is 1. The number of esters is 1. The Morgan fingerprint density at radius 3 is 2.54 bits per heavy atom. The highest BCUT2D eigenvalue weighted by Crippen LogP contribution is 2.22. The lowest BCUT2D eigenvalue weighted by Gasteiger charge is -2.27. The number of ether oxygens (including phenoxy) is 2. The Hall–Kier alpha value is -2.75. The highest BCUT2D eigenvalue weighted by atomic mass is 32.2. The van der Waals surface area contributed by atoms with Gasteiger partial charge in [0.25, 0.3) is 0 Å². The van der Waals surface area contributed by atoms with Crippen LogP contribution in [-0.4, -0.2) is 68.1 Å². The zero-order valence-corrected chi connectivity index (χ0v) is 16.1. The summed E-state index contributed by atoms with van der Waals surface area (Å²) in [6, 6.07) is 5.81. The summed E-state index contributed by atoms with van der Waals surface area (Å²) in [6.45, 7) is -0.462. The smallest absolute Gasteiger partial charge is 0.354 e. The molecule has 0 bridgehead atoms. The van der Waals surface area contributed by atoms with Crippen LogP contribution in [0.3, 0.4) is 0 Å². The number of ketones is 1. The van der Waals surface area contributed by atoms with Gasteiger partial charge in [0, 0.05) is 18.4 Å². The van der Waals surface area contributed by atoms with Crippen LogP contribution in [0.1, 0.15) is 29.6 Å². The number of methoxy groups -OCH3 is 1. The molecule has 1 fully saturated rings. The molecule has 1 saturated heterocycles. The SMILES string of the molecule is COc1ccc(C(=O)COC(=O)C2=NN([C@@H]3CCS(=O)(=O)C3)C(=O)CC2)cc1. The van der Waals surface area contributed by atoms with Gasteiger partial charge in [-0.05, 0) is 30.7 Å². The Balaban J connectivity index is 1.62. The summed E-state index contributed by atoms with van der Waals surface area (Å²) in [7, 11) is -1.68. The van der Waals surface area contributed by atoms with E-state index in [0.717, 1.165) is 5.01 Å². The van der Waals surface area contributed by atoms with Gasteiger partial charge in [0.15, 0.2) is 22.2 Å². The van der Waals surface area contributed by atoms with Gasteiger partial charge in [-0.2, -0.15) is 5.10 Å². The van der Waals surface area contributed by atoms with Gasteiger partial charge >= 0.3 is 5.97 Å². The Kier molecular flexibility index (Phi) is 5.78. The van der Waals surface area contributed by atoms with Crippen molar-refractivity contribution >= 4 is 33.2 Å². The second kappa shape index (κ2) is 8.09. The third kappa shape index (κ3) is 4.56. The number of carbonyl (C=O) groups is 3. The van der Waals surface area contributed by atoms with Gasteiger partial charge in [-0.1, -0.05) is 0 Å². The molecule has 150 valence electrons. The first kappa shape index (κ1) is 20.0. The molecule has 1 amide bonds. The zero-order chi connectivity index (χ0) is 20.3. The highest BCUT2D eigenvalue weighted by molar-refractivity contribution is 7.91. The third-order valence-electron chi connectivity index (χ3n) is 4.60. The fourth-order valence-electron chi connectivity index (χ4n) is 3.05. The molecular weight excluding hydrogens is 388 g/mol. The molecule has 3 rings (SSSR count). The fraction of sp³-hybridized carbons (Fsp3) is 0.444. The Morgan fingerprint density at radius 2 is 1.93 bits per heavy atom. The molecule has 2 heterocycles. The van der Waals surface area contributed by atoms with Gasteiger partial charge in [0.2, 0.25) is 5.91 Å². The predicted octanol–water partition coefficient (Wildman–Crippen LogP) is 0.587. The Morgan fingerprint density at radius 1 is 1.21 bits per heavy atom. The number of nitrogens with zero attached hydrogens (tertiary/aromatic N) is 2. The molecule has 1 atom stereocenters. The molecule has 0 aliphatic carbocycles. The van der Waals surface area contributed by atoms with Crippen molar-refractivity contribution in [3.8, 4) is 5.75 Å². The summed E-state index contributed by atoms with van der Waals surface area (Å²) in [5.74, 6) is -1.08. The van der Waals surface area contributed by atoms with Crippen molar-refractivity contribution in [3.63, 3.8) is 0 Å². The molecule has 0 saturated carbocycles. The minimum absolute atomic E-state index is 0.00595. The van der Waals surface area contributed by atoms with Crippen LogP contribution in [0.15, 0.2) is 29.4 Å². The van der Waals surface area contributed by atoms with E-state index in [4.69, 9.17) is 9.47 Å². The monoisotopic (exact) mass is 408 g/mol. The van der Waals surface area contributed by atoms with Crippen molar-refractivity contribution in [2.45, 2.75) is 25.3 Å². The number of hydrogen-bond donors (Lipinski definition) is 0. The Labute approximate surface area is 162 Å². The lowest BCUT2D eigenvalue weighted by Crippen LogP contribution is -2.42. The Bertz CT molecular complexity index is 922. The first-order valence-electron chi connectivity index (χ1n) is 8.73. The van der Waals surface area contributed by atoms with Crippen molar-refractivity contribution in [2.75, 3.05) is 25.2 Å². The number of benzene rings is 1. The van der Waals surface area contributed by atoms with Gasteiger partial charge in [0.1, 0.15) is 11.5 Å². The topological polar surface area (TPSA) is 119 Å². The van der Waals surface area contributed by atoms with Gasteiger partial charge in [-0.25, -0.2) is 18.2 Å². The second-order valence-electron chi connectivity index (χ2n) is 6.57. The van der Waals surface area contributed by atoms with Crippen LogP contribution in [0.2, 0.25) is 0 Å². The van der Waals surface area contributed by atoms with E-state index < -0.39 is 28.5 Å². The number of sulfone groups is 1. The molecule has 1 aromatic carbocycles. The lowest BCUT2D eigenvalue weighted by molar-refractivity contribution is -0.136. The molecule has 0 spiro atoms. The lowest BCUT2D eigenvalue weighted by atomic mass is 10.1. The molecule has 0 N–H and O–H groups in total. The molecule has 0 radical (unpaired) electrons. The van der Waals surface area contributed by atoms with Crippen LogP contribution in [0.5, 0.6) is 5.75 Å². The third-order valence-corrected chi connectivity index (χ3v) is 6.35. The van der Waals surface area contributed by atoms with Crippen LogP contribution < -0.4 is 4.74 Å². The van der Waals surface area contributed by atoms with E-state index in [1.165, 1.54) is 7.11 Å². The number of carbonyl (C=O) groups excluding carboxylic acids is 3. The average molecular weight is 408 g/mol. The van der Waals surface area contributed by atoms with E-state index in [9.17, 15) is 22.8 Å². The van der Waals surface area contributed by atoms with Gasteiger partial charge in [-0.15, -0.1) is 0 Å². The van der Waals surface area contributed by atoms with Crippen molar-refractivity contribution < 1.29 is 32.3 Å². The first-order chi connectivity index (χ1) is 13.3. The molecule has 9 nitrogen and oxygen atoms in total. The minimum atomic E-state index is -3.20. The molecule has 2 aliphatic heterocycles. The summed E-state index contributed by atoms with van der Waals surface area (Å²) in [6.07, 6.45) is 0.414. The zero-order valence-electron chi connectivity index (χ0n) is 15.3. The highest BCUT2D eigenvalue weighted by Gasteiger charge is 2.37. The molecule has 10 heteroatoms. The fourth-order valence-corrected chi connectivity index (χ4v) is 4.74. The van der Waals surface area contributed by atoms with Gasteiger partial charge in [0.05, 0.1) is 24.7 Å². The second-order valence-corrected chi connectivity index (χ2v) is 8.80. The predicted molar refractivity (Wildman–Crippen MR) is 98.9 cm³/mol. The number of hydrogen-bond acceptors (Lipinski definition) is 8. The van der Waals surface area contributed by atoms with E-state index in [1.807, 2.05) is 0 Å². The van der Waals surface area contributed by atoms with E-state index in [1.54, 1.807) is 24.3 Å². The van der Waals surface area contributed by atoms with E-state index >= 15 is 0 Å². The largest absolute Gasteiger partial charge is 0.497 e. The van der Waals surface area contributed by atoms with E-state index in [-0.39, 0.29) is 48.2 Å².